The number of aromatic carboxylic acids is 1. The van der Waals surface area contributed by atoms with Gasteiger partial charge in [0.15, 0.2) is 0 Å². The molecule has 3 N–H and O–H groups in total. The fourth-order valence-electron chi connectivity index (χ4n) is 2.35. The molecule has 0 amide bonds. The van der Waals surface area contributed by atoms with Gasteiger partial charge < -0.3 is 14.8 Å². The minimum atomic E-state index is -1.13. The highest BCUT2D eigenvalue weighted by molar-refractivity contribution is 5.86. The molecule has 1 aromatic heterocycles. The van der Waals surface area contributed by atoms with Crippen molar-refractivity contribution in [3.05, 3.63) is 21.9 Å². The summed E-state index contributed by atoms with van der Waals surface area (Å²) in [6.07, 6.45) is 3.49. The van der Waals surface area contributed by atoms with E-state index in [2.05, 4.69) is 9.97 Å². The van der Waals surface area contributed by atoms with Gasteiger partial charge >= 0.3 is 11.7 Å². The highest BCUT2D eigenvalue weighted by Crippen LogP contribution is 2.14. The second kappa shape index (κ2) is 6.03. The van der Waals surface area contributed by atoms with Gasteiger partial charge in [-0.15, -0.1) is 0 Å². The highest BCUT2D eigenvalue weighted by Gasteiger charge is 2.19. The molecule has 1 aromatic rings. The zero-order chi connectivity index (χ0) is 13.8. The molecule has 0 radical (unpaired) electrons. The summed E-state index contributed by atoms with van der Waals surface area (Å²) in [4.78, 5) is 28.9. The summed E-state index contributed by atoms with van der Waals surface area (Å²) in [6, 6.07) is 0. The van der Waals surface area contributed by atoms with Gasteiger partial charge in [-0.3, -0.25) is 9.88 Å². The molecule has 0 aromatic carbocycles. The summed E-state index contributed by atoms with van der Waals surface area (Å²) in [5.41, 5.74) is -0.160. The molecule has 2 rings (SSSR count). The summed E-state index contributed by atoms with van der Waals surface area (Å²) in [6.45, 7) is 1.90. The number of hydrogen-bond donors (Lipinski definition) is 3. The highest BCUT2D eigenvalue weighted by atomic mass is 16.5. The van der Waals surface area contributed by atoms with E-state index in [9.17, 15) is 9.59 Å². The molecule has 0 spiro atoms. The molecule has 1 aliphatic heterocycles. The second-order valence-electron chi connectivity index (χ2n) is 4.92. The molecule has 7 nitrogen and oxygen atoms in total. The minimum absolute atomic E-state index is 0.0681. The molecule has 0 aliphatic carbocycles. The first-order valence-electron chi connectivity index (χ1n) is 6.41. The molecular weight excluding hydrogens is 250 g/mol. The Bertz CT molecular complexity index is 487. The zero-order valence-corrected chi connectivity index (χ0v) is 10.9. The van der Waals surface area contributed by atoms with Crippen LogP contribution in [0, 0.1) is 0 Å². The quantitative estimate of drug-likeness (QED) is 0.718. The molecule has 1 aliphatic rings. The Balaban J connectivity index is 1.96. The standard InChI is InChI=1S/C12H19N3O4/c1-15(6-8-4-2-3-5-19-8)7-9-10(11(16)17)14-12(18)13-9/h8H,2-7H2,1H3,(H,16,17)(H2,13,14,18)/t8-/m1/s1. The summed E-state index contributed by atoms with van der Waals surface area (Å²) >= 11 is 0. The third-order valence-electron chi connectivity index (χ3n) is 3.24. The first-order chi connectivity index (χ1) is 9.06. The van der Waals surface area contributed by atoms with Crippen LogP contribution in [0.5, 0.6) is 0 Å². The van der Waals surface area contributed by atoms with Gasteiger partial charge in [-0.1, -0.05) is 0 Å². The lowest BCUT2D eigenvalue weighted by molar-refractivity contribution is -0.00276. The van der Waals surface area contributed by atoms with Gasteiger partial charge in [0.1, 0.15) is 5.69 Å². The number of hydrogen-bond acceptors (Lipinski definition) is 4. The Morgan fingerprint density at radius 1 is 1.47 bits per heavy atom. The Morgan fingerprint density at radius 3 is 2.89 bits per heavy atom. The van der Waals surface area contributed by atoms with E-state index in [0.29, 0.717) is 12.2 Å². The van der Waals surface area contributed by atoms with Crippen molar-refractivity contribution in [1.29, 1.82) is 0 Å². The van der Waals surface area contributed by atoms with Gasteiger partial charge in [-0.05, 0) is 26.3 Å². The van der Waals surface area contributed by atoms with Crippen molar-refractivity contribution < 1.29 is 14.6 Å². The summed E-state index contributed by atoms with van der Waals surface area (Å²) in [7, 11) is 1.88. The zero-order valence-electron chi connectivity index (χ0n) is 10.9. The van der Waals surface area contributed by atoms with Crippen molar-refractivity contribution in [2.45, 2.75) is 31.9 Å². The Kier molecular flexibility index (Phi) is 4.39. The molecule has 1 fully saturated rings. The molecular formula is C12H19N3O4. The maximum Gasteiger partial charge on any atom is 0.354 e. The SMILES string of the molecule is CN(Cc1[nH]c(=O)[nH]c1C(=O)O)C[C@H]1CCCCO1. The molecule has 0 unspecified atom stereocenters. The van der Waals surface area contributed by atoms with Crippen LogP contribution < -0.4 is 5.69 Å². The largest absolute Gasteiger partial charge is 0.477 e. The molecule has 7 heteroatoms. The first kappa shape index (κ1) is 13.8. The molecule has 1 atom stereocenters. The van der Waals surface area contributed by atoms with Gasteiger partial charge in [0.2, 0.25) is 0 Å². The average Bonchev–Trinajstić information content (AvgIpc) is 2.71. The van der Waals surface area contributed by atoms with Crippen LogP contribution in [0.15, 0.2) is 4.79 Å². The Labute approximate surface area is 110 Å². The van der Waals surface area contributed by atoms with Crippen LogP contribution in [0.25, 0.3) is 0 Å². The fourth-order valence-corrected chi connectivity index (χ4v) is 2.35. The molecule has 19 heavy (non-hydrogen) atoms. The number of aromatic nitrogens is 2. The number of nitrogens with zero attached hydrogens (tertiary/aromatic N) is 1. The van der Waals surface area contributed by atoms with E-state index in [1.165, 1.54) is 6.42 Å². The van der Waals surface area contributed by atoms with Crippen molar-refractivity contribution >= 4 is 5.97 Å². The lowest BCUT2D eigenvalue weighted by Crippen LogP contribution is -2.33. The van der Waals surface area contributed by atoms with Crippen LogP contribution in [-0.4, -0.2) is 52.2 Å². The van der Waals surface area contributed by atoms with Gasteiger partial charge in [-0.25, -0.2) is 9.59 Å². The molecule has 106 valence electrons. The monoisotopic (exact) mass is 269 g/mol. The predicted molar refractivity (Wildman–Crippen MR) is 68.3 cm³/mol. The van der Waals surface area contributed by atoms with Crippen LogP contribution in [0.4, 0.5) is 0 Å². The van der Waals surface area contributed by atoms with Gasteiger partial charge in [0.05, 0.1) is 11.8 Å². The van der Waals surface area contributed by atoms with Crippen molar-refractivity contribution in [2.24, 2.45) is 0 Å². The van der Waals surface area contributed by atoms with Crippen molar-refractivity contribution in [3.8, 4) is 0 Å². The second-order valence-corrected chi connectivity index (χ2v) is 4.92. The number of carbonyl (C=O) groups is 1. The predicted octanol–water partition coefficient (Wildman–Crippen LogP) is 0.402. The number of carboxylic acid groups (broad SMARTS) is 1. The number of carboxylic acids is 1. The van der Waals surface area contributed by atoms with E-state index >= 15 is 0 Å². The van der Waals surface area contributed by atoms with E-state index < -0.39 is 11.7 Å². The fraction of sp³-hybridized carbons (Fsp3) is 0.667. The lowest BCUT2D eigenvalue weighted by atomic mass is 10.1. The molecule has 1 saturated heterocycles. The van der Waals surface area contributed by atoms with Crippen molar-refractivity contribution in [2.75, 3.05) is 20.2 Å². The van der Waals surface area contributed by atoms with Crippen molar-refractivity contribution in [3.63, 3.8) is 0 Å². The summed E-state index contributed by atoms with van der Waals surface area (Å²) in [5.74, 6) is -1.13. The van der Waals surface area contributed by atoms with Gasteiger partial charge in [-0.2, -0.15) is 0 Å². The van der Waals surface area contributed by atoms with E-state index in [0.717, 1.165) is 26.0 Å². The maximum absolute atomic E-state index is 11.2. The Hall–Kier alpha value is -1.60. The van der Waals surface area contributed by atoms with E-state index in [-0.39, 0.29) is 11.8 Å². The molecule has 2 heterocycles. The topological polar surface area (TPSA) is 98.4 Å². The number of H-pyrrole nitrogens is 2. The van der Waals surface area contributed by atoms with Crippen LogP contribution >= 0.6 is 0 Å². The van der Waals surface area contributed by atoms with Gasteiger partial charge in [0.25, 0.3) is 0 Å². The molecule has 0 saturated carbocycles. The number of ether oxygens (including phenoxy) is 1. The van der Waals surface area contributed by atoms with Crippen molar-refractivity contribution in [1.82, 2.24) is 14.9 Å². The normalized spacial score (nSPS) is 19.8. The van der Waals surface area contributed by atoms with Crippen LogP contribution in [-0.2, 0) is 11.3 Å². The number of aromatic amines is 2. The Morgan fingerprint density at radius 2 is 2.26 bits per heavy atom. The number of likely N-dealkylation sites (N-methyl/N-ethyl adjacent to an activating group) is 1. The smallest absolute Gasteiger partial charge is 0.354 e. The third kappa shape index (κ3) is 3.68. The number of nitrogens with one attached hydrogen (secondary N) is 2. The summed E-state index contributed by atoms with van der Waals surface area (Å²) < 4.78 is 5.63. The minimum Gasteiger partial charge on any atom is -0.477 e. The van der Waals surface area contributed by atoms with Crippen LogP contribution in [0.3, 0.4) is 0 Å². The van der Waals surface area contributed by atoms with E-state index in [1.54, 1.807) is 0 Å². The average molecular weight is 269 g/mol. The van der Waals surface area contributed by atoms with Crippen LogP contribution in [0.2, 0.25) is 0 Å². The molecule has 0 bridgehead atoms. The number of rotatable bonds is 5. The maximum atomic E-state index is 11.2. The van der Waals surface area contributed by atoms with Gasteiger partial charge in [0, 0.05) is 19.7 Å². The van der Waals surface area contributed by atoms with Crippen LogP contribution in [0.1, 0.15) is 35.4 Å². The first-order valence-corrected chi connectivity index (χ1v) is 6.41. The van der Waals surface area contributed by atoms with E-state index in [4.69, 9.17) is 9.84 Å². The lowest BCUT2D eigenvalue weighted by Gasteiger charge is -2.27. The number of imidazole rings is 1. The van der Waals surface area contributed by atoms with E-state index in [1.807, 2.05) is 11.9 Å². The summed E-state index contributed by atoms with van der Waals surface area (Å²) in [5, 5.41) is 8.98. The third-order valence-corrected chi connectivity index (χ3v) is 3.24.